The number of hydrogen-bond donors (Lipinski definition) is 1. The van der Waals surface area contributed by atoms with Crippen molar-refractivity contribution in [3.8, 4) is 0 Å². The van der Waals surface area contributed by atoms with Crippen LogP contribution in [0.25, 0.3) is 0 Å². The lowest BCUT2D eigenvalue weighted by molar-refractivity contribution is -0.129. The van der Waals surface area contributed by atoms with Crippen LogP contribution in [0.2, 0.25) is 0 Å². The highest BCUT2D eigenvalue weighted by Crippen LogP contribution is 2.26. The van der Waals surface area contributed by atoms with Gasteiger partial charge in [0.1, 0.15) is 0 Å². The van der Waals surface area contributed by atoms with Crippen molar-refractivity contribution in [2.45, 2.75) is 38.1 Å². The molecule has 3 heteroatoms. The zero-order chi connectivity index (χ0) is 13.1. The normalized spacial score (nSPS) is 22.9. The van der Waals surface area contributed by atoms with E-state index in [0.717, 1.165) is 32.5 Å². The second-order valence-corrected chi connectivity index (χ2v) is 5.61. The van der Waals surface area contributed by atoms with Crippen molar-refractivity contribution in [3.05, 3.63) is 35.4 Å². The van der Waals surface area contributed by atoms with Gasteiger partial charge in [-0.15, -0.1) is 0 Å². The molecule has 2 aliphatic rings. The fraction of sp³-hybridized carbons (Fsp3) is 0.562. The van der Waals surface area contributed by atoms with E-state index < -0.39 is 0 Å². The summed E-state index contributed by atoms with van der Waals surface area (Å²) in [5.74, 6) is 0.294. The van der Waals surface area contributed by atoms with Gasteiger partial charge in [0.15, 0.2) is 0 Å². The summed E-state index contributed by atoms with van der Waals surface area (Å²) in [4.78, 5) is 14.3. The van der Waals surface area contributed by atoms with Gasteiger partial charge in [-0.1, -0.05) is 24.3 Å². The van der Waals surface area contributed by atoms with E-state index in [1.165, 1.54) is 24.0 Å². The molecule has 0 radical (unpaired) electrons. The van der Waals surface area contributed by atoms with E-state index in [-0.39, 0.29) is 0 Å². The third-order valence-electron chi connectivity index (χ3n) is 4.29. The predicted molar refractivity (Wildman–Crippen MR) is 75.9 cm³/mol. The first-order chi connectivity index (χ1) is 9.34. The lowest BCUT2D eigenvalue weighted by Crippen LogP contribution is -2.29. The summed E-state index contributed by atoms with van der Waals surface area (Å²) < 4.78 is 0. The van der Waals surface area contributed by atoms with Gasteiger partial charge < -0.3 is 10.2 Å². The number of carbonyl (C=O) groups is 1. The second-order valence-electron chi connectivity index (χ2n) is 5.61. The van der Waals surface area contributed by atoms with Gasteiger partial charge in [0.2, 0.25) is 5.91 Å². The number of hydrogen-bond acceptors (Lipinski definition) is 2. The van der Waals surface area contributed by atoms with Gasteiger partial charge >= 0.3 is 0 Å². The van der Waals surface area contributed by atoms with Crippen LogP contribution in [-0.2, 0) is 11.2 Å². The summed E-state index contributed by atoms with van der Waals surface area (Å²) in [6.45, 7) is 2.99. The van der Waals surface area contributed by atoms with Gasteiger partial charge in [0.05, 0.1) is 6.42 Å². The maximum atomic E-state index is 12.3. The van der Waals surface area contributed by atoms with Crippen molar-refractivity contribution in [1.29, 1.82) is 0 Å². The van der Waals surface area contributed by atoms with Gasteiger partial charge in [-0.05, 0) is 43.4 Å². The van der Waals surface area contributed by atoms with Gasteiger partial charge in [-0.25, -0.2) is 0 Å². The quantitative estimate of drug-likeness (QED) is 0.902. The maximum absolute atomic E-state index is 12.3. The Kier molecular flexibility index (Phi) is 3.83. The van der Waals surface area contributed by atoms with Crippen molar-refractivity contribution < 1.29 is 4.79 Å². The fourth-order valence-corrected chi connectivity index (χ4v) is 3.23. The van der Waals surface area contributed by atoms with E-state index in [4.69, 9.17) is 0 Å². The molecule has 3 rings (SSSR count). The van der Waals surface area contributed by atoms with Crippen molar-refractivity contribution >= 4 is 5.91 Å². The average molecular weight is 258 g/mol. The highest BCUT2D eigenvalue weighted by Gasteiger charge is 2.22. The number of likely N-dealkylation sites (tertiary alicyclic amines) is 1. The minimum atomic E-state index is 0.294. The maximum Gasteiger partial charge on any atom is 0.227 e. The van der Waals surface area contributed by atoms with Crippen LogP contribution in [-0.4, -0.2) is 30.4 Å². The van der Waals surface area contributed by atoms with Crippen molar-refractivity contribution in [2.24, 2.45) is 0 Å². The van der Waals surface area contributed by atoms with Crippen LogP contribution in [0.4, 0.5) is 0 Å². The number of amides is 1. The van der Waals surface area contributed by atoms with E-state index in [0.29, 0.717) is 18.4 Å². The van der Waals surface area contributed by atoms with Crippen molar-refractivity contribution in [1.82, 2.24) is 10.2 Å². The van der Waals surface area contributed by atoms with E-state index in [2.05, 4.69) is 23.5 Å². The van der Waals surface area contributed by atoms with Crippen LogP contribution in [0, 0.1) is 0 Å². The minimum absolute atomic E-state index is 0.294. The molecule has 1 atom stereocenters. The van der Waals surface area contributed by atoms with Crippen LogP contribution in [0.15, 0.2) is 24.3 Å². The highest BCUT2D eigenvalue weighted by molar-refractivity contribution is 5.79. The Morgan fingerprint density at radius 2 is 2.00 bits per heavy atom. The Morgan fingerprint density at radius 3 is 2.74 bits per heavy atom. The minimum Gasteiger partial charge on any atom is -0.342 e. The van der Waals surface area contributed by atoms with Crippen LogP contribution in [0.1, 0.15) is 42.9 Å². The Labute approximate surface area is 115 Å². The summed E-state index contributed by atoms with van der Waals surface area (Å²) >= 11 is 0. The van der Waals surface area contributed by atoms with Gasteiger partial charge in [0, 0.05) is 19.1 Å². The summed E-state index contributed by atoms with van der Waals surface area (Å²) in [5.41, 5.74) is 2.53. The van der Waals surface area contributed by atoms with Gasteiger partial charge in [-0.3, -0.25) is 4.79 Å². The number of nitrogens with zero attached hydrogens (tertiary/aromatic N) is 1. The molecule has 0 unspecified atom stereocenters. The molecule has 0 bridgehead atoms. The molecule has 2 heterocycles. The molecule has 0 spiro atoms. The van der Waals surface area contributed by atoms with Gasteiger partial charge in [-0.2, -0.15) is 0 Å². The molecule has 1 aromatic carbocycles. The standard InChI is InChI=1S/C16H22N2O/c19-16(18-10-3-4-11-18)12-13-6-1-2-7-14(13)15-8-5-9-17-15/h1-2,6-7,15,17H,3-5,8-12H2/t15-/m1/s1. The number of rotatable bonds is 3. The van der Waals surface area contributed by atoms with Gasteiger partial charge in [0.25, 0.3) is 0 Å². The van der Waals surface area contributed by atoms with Crippen molar-refractivity contribution in [2.75, 3.05) is 19.6 Å². The van der Waals surface area contributed by atoms with E-state index >= 15 is 0 Å². The monoisotopic (exact) mass is 258 g/mol. The molecule has 102 valence electrons. The Balaban J connectivity index is 1.74. The molecule has 3 nitrogen and oxygen atoms in total. The van der Waals surface area contributed by atoms with Crippen LogP contribution in [0.5, 0.6) is 0 Å². The SMILES string of the molecule is O=C(Cc1ccccc1[C@H]1CCCN1)N1CCCC1. The Hall–Kier alpha value is -1.35. The molecule has 2 saturated heterocycles. The summed E-state index contributed by atoms with van der Waals surface area (Å²) in [6.07, 6.45) is 5.32. The molecule has 1 amide bonds. The fourth-order valence-electron chi connectivity index (χ4n) is 3.23. The molecule has 1 aromatic rings. The van der Waals surface area contributed by atoms with E-state index in [9.17, 15) is 4.79 Å². The highest BCUT2D eigenvalue weighted by atomic mass is 16.2. The number of benzene rings is 1. The Morgan fingerprint density at radius 1 is 1.21 bits per heavy atom. The van der Waals surface area contributed by atoms with Crippen LogP contribution < -0.4 is 5.32 Å². The predicted octanol–water partition coefficient (Wildman–Crippen LogP) is 2.28. The summed E-state index contributed by atoms with van der Waals surface area (Å²) in [7, 11) is 0. The lowest BCUT2D eigenvalue weighted by atomic mass is 9.97. The summed E-state index contributed by atoms with van der Waals surface area (Å²) in [6, 6.07) is 8.87. The topological polar surface area (TPSA) is 32.3 Å². The van der Waals surface area contributed by atoms with E-state index in [1.54, 1.807) is 0 Å². The zero-order valence-electron chi connectivity index (χ0n) is 11.4. The lowest BCUT2D eigenvalue weighted by Gasteiger charge is -2.19. The molecular formula is C16H22N2O. The molecule has 1 N–H and O–H groups in total. The molecule has 0 saturated carbocycles. The number of carbonyl (C=O) groups excluding carboxylic acids is 1. The molecule has 19 heavy (non-hydrogen) atoms. The first-order valence-electron chi connectivity index (χ1n) is 7.43. The molecule has 2 aliphatic heterocycles. The third-order valence-corrected chi connectivity index (χ3v) is 4.29. The smallest absolute Gasteiger partial charge is 0.227 e. The summed E-state index contributed by atoms with van der Waals surface area (Å²) in [5, 5.41) is 3.53. The molecular weight excluding hydrogens is 236 g/mol. The Bertz CT molecular complexity index is 446. The number of nitrogens with one attached hydrogen (secondary N) is 1. The molecule has 0 aliphatic carbocycles. The van der Waals surface area contributed by atoms with Crippen LogP contribution >= 0.6 is 0 Å². The molecule has 0 aromatic heterocycles. The third kappa shape index (κ3) is 2.81. The second kappa shape index (κ2) is 5.74. The van der Waals surface area contributed by atoms with Crippen molar-refractivity contribution in [3.63, 3.8) is 0 Å². The first-order valence-corrected chi connectivity index (χ1v) is 7.43. The van der Waals surface area contributed by atoms with Crippen LogP contribution in [0.3, 0.4) is 0 Å². The van der Waals surface area contributed by atoms with E-state index in [1.807, 2.05) is 11.0 Å². The largest absolute Gasteiger partial charge is 0.342 e. The average Bonchev–Trinajstić information content (AvgIpc) is 3.13. The first kappa shape index (κ1) is 12.7. The molecule has 2 fully saturated rings. The zero-order valence-corrected chi connectivity index (χ0v) is 11.4.